The summed E-state index contributed by atoms with van der Waals surface area (Å²) < 4.78 is 0.986. The summed E-state index contributed by atoms with van der Waals surface area (Å²) >= 11 is 1.23. The summed E-state index contributed by atoms with van der Waals surface area (Å²) in [6.45, 7) is 1.97. The van der Waals surface area contributed by atoms with E-state index in [0.29, 0.717) is 10.2 Å². The summed E-state index contributed by atoms with van der Waals surface area (Å²) in [5.74, 6) is -1.37. The molecule has 0 unspecified atom stereocenters. The number of aromatic nitrogens is 1. The van der Waals surface area contributed by atoms with Crippen LogP contribution < -0.4 is 16.1 Å². The van der Waals surface area contributed by atoms with Gasteiger partial charge in [0.2, 0.25) is 0 Å². The molecule has 2 aromatic heterocycles. The lowest BCUT2D eigenvalue weighted by Crippen LogP contribution is -2.33. The second kappa shape index (κ2) is 4.10. The van der Waals surface area contributed by atoms with Crippen LogP contribution in [0.4, 0.5) is 0 Å². The molecule has 0 aliphatic heterocycles. The number of amides is 1. The largest absolute Gasteiger partial charge is 0.506 e. The molecular weight excluding hydrogens is 244 g/mol. The predicted octanol–water partition coefficient (Wildman–Crippen LogP) is 0.316. The summed E-state index contributed by atoms with van der Waals surface area (Å²) in [4.78, 5) is 28.7. The molecule has 17 heavy (non-hydrogen) atoms. The molecule has 0 saturated carbocycles. The third-order valence-corrected chi connectivity index (χ3v) is 3.11. The van der Waals surface area contributed by atoms with Crippen molar-refractivity contribution < 1.29 is 14.7 Å². The van der Waals surface area contributed by atoms with Crippen LogP contribution in [0.25, 0.3) is 10.2 Å². The summed E-state index contributed by atoms with van der Waals surface area (Å²) in [6.07, 6.45) is 0. The van der Waals surface area contributed by atoms with E-state index in [9.17, 15) is 14.7 Å². The molecule has 0 bridgehead atoms. The average Bonchev–Trinajstić information content (AvgIpc) is 2.72. The second-order valence-electron chi connectivity index (χ2n) is 3.24. The molecule has 2 heterocycles. The van der Waals surface area contributed by atoms with E-state index in [2.05, 4.69) is 0 Å². The first kappa shape index (κ1) is 11.5. The Balaban J connectivity index is 2.92. The van der Waals surface area contributed by atoms with Gasteiger partial charge in [0.25, 0.3) is 5.91 Å². The monoisotopic (exact) mass is 254 g/mol. The van der Waals surface area contributed by atoms with Crippen LogP contribution in [0.1, 0.15) is 17.3 Å². The van der Waals surface area contributed by atoms with Crippen molar-refractivity contribution in [2.75, 3.05) is 6.61 Å². The Kier molecular flexibility index (Phi) is 2.76. The minimum atomic E-state index is -0.978. The number of carbonyl (C=O) groups is 1. The summed E-state index contributed by atoms with van der Waals surface area (Å²) in [7, 11) is 0. The number of thiophene rings is 1. The maximum absolute atomic E-state index is 11.9. The first-order valence-electron chi connectivity index (χ1n) is 4.86. The maximum atomic E-state index is 11.9. The lowest BCUT2D eigenvalue weighted by Gasteiger charge is -2.10. The molecule has 6 nitrogen and oxygen atoms in total. The highest BCUT2D eigenvalue weighted by molar-refractivity contribution is 7.16. The summed E-state index contributed by atoms with van der Waals surface area (Å²) in [5.41, 5.74) is 3.88. The minimum absolute atomic E-state index is 0.260. The molecule has 0 saturated heterocycles. The van der Waals surface area contributed by atoms with E-state index in [4.69, 9.17) is 10.6 Å². The van der Waals surface area contributed by atoms with E-state index < -0.39 is 22.8 Å². The van der Waals surface area contributed by atoms with Crippen LogP contribution in [-0.4, -0.2) is 22.4 Å². The molecular formula is C10H10N2O4S. The zero-order valence-electron chi connectivity index (χ0n) is 8.97. The quantitative estimate of drug-likeness (QED) is 0.824. The number of primary amides is 1. The van der Waals surface area contributed by atoms with E-state index in [-0.39, 0.29) is 6.61 Å². The molecule has 1 amide bonds. The van der Waals surface area contributed by atoms with E-state index in [0.717, 1.165) is 4.73 Å². The predicted molar refractivity (Wildman–Crippen MR) is 63.4 cm³/mol. The highest BCUT2D eigenvalue weighted by Gasteiger charge is 2.21. The van der Waals surface area contributed by atoms with Gasteiger partial charge in [0, 0.05) is 0 Å². The van der Waals surface area contributed by atoms with Gasteiger partial charge >= 0.3 is 5.56 Å². The van der Waals surface area contributed by atoms with Crippen LogP contribution in [0.5, 0.6) is 5.75 Å². The number of hydrogen-bond donors (Lipinski definition) is 2. The second-order valence-corrected chi connectivity index (χ2v) is 4.14. The summed E-state index contributed by atoms with van der Waals surface area (Å²) in [5, 5.41) is 11.9. The maximum Gasteiger partial charge on any atom is 0.301 e. The van der Waals surface area contributed by atoms with Gasteiger partial charge < -0.3 is 15.7 Å². The third-order valence-electron chi connectivity index (χ3n) is 2.22. The zero-order chi connectivity index (χ0) is 12.6. The zero-order valence-corrected chi connectivity index (χ0v) is 9.78. The molecule has 0 aliphatic carbocycles. The van der Waals surface area contributed by atoms with Crippen LogP contribution in [0.2, 0.25) is 0 Å². The van der Waals surface area contributed by atoms with Gasteiger partial charge in [0.15, 0.2) is 0 Å². The molecule has 90 valence electrons. The lowest BCUT2D eigenvalue weighted by atomic mass is 10.2. The van der Waals surface area contributed by atoms with Gasteiger partial charge in [-0.25, -0.2) is 0 Å². The normalized spacial score (nSPS) is 10.6. The van der Waals surface area contributed by atoms with Gasteiger partial charge in [-0.3, -0.25) is 9.59 Å². The number of hydrogen-bond acceptors (Lipinski definition) is 5. The Labute approximate surface area is 99.8 Å². The van der Waals surface area contributed by atoms with E-state index >= 15 is 0 Å². The van der Waals surface area contributed by atoms with Crippen LogP contribution in [0.3, 0.4) is 0 Å². The van der Waals surface area contributed by atoms with Crippen LogP contribution in [0, 0.1) is 0 Å². The number of nitrogens with two attached hydrogens (primary N) is 1. The number of nitrogens with zero attached hydrogens (tertiary/aromatic N) is 1. The SMILES string of the molecule is CCOn1c(=O)c(C(N)=O)c(O)c2ccsc21. The van der Waals surface area contributed by atoms with Crippen molar-refractivity contribution in [3.63, 3.8) is 0 Å². The van der Waals surface area contributed by atoms with E-state index in [1.807, 2.05) is 0 Å². The van der Waals surface area contributed by atoms with E-state index in [1.54, 1.807) is 18.4 Å². The van der Waals surface area contributed by atoms with Gasteiger partial charge in [-0.1, -0.05) is 0 Å². The molecule has 2 aromatic rings. The van der Waals surface area contributed by atoms with Crippen molar-refractivity contribution in [1.29, 1.82) is 0 Å². The highest BCUT2D eigenvalue weighted by atomic mass is 32.1. The van der Waals surface area contributed by atoms with Crippen molar-refractivity contribution in [3.8, 4) is 5.75 Å². The number of rotatable bonds is 3. The van der Waals surface area contributed by atoms with E-state index in [1.165, 1.54) is 11.3 Å². The fourth-order valence-corrected chi connectivity index (χ4v) is 2.39. The fourth-order valence-electron chi connectivity index (χ4n) is 1.54. The van der Waals surface area contributed by atoms with Crippen molar-refractivity contribution in [2.24, 2.45) is 5.73 Å². The standard InChI is InChI=1S/C10H10N2O4S/c1-2-16-12-9(15)6(8(11)14)7(13)5-3-4-17-10(5)12/h3-4,13H,2H2,1H3,(H2,11,14). The summed E-state index contributed by atoms with van der Waals surface area (Å²) in [6, 6.07) is 1.59. The topological polar surface area (TPSA) is 94.5 Å². The van der Waals surface area contributed by atoms with Crippen molar-refractivity contribution in [3.05, 3.63) is 27.4 Å². The number of carbonyl (C=O) groups excluding carboxylic acids is 1. The molecule has 7 heteroatoms. The Morgan fingerprint density at radius 1 is 1.65 bits per heavy atom. The number of aromatic hydroxyl groups is 1. The van der Waals surface area contributed by atoms with Crippen molar-refractivity contribution in [2.45, 2.75) is 6.92 Å². The number of fused-ring (bicyclic) bond motifs is 1. The average molecular weight is 254 g/mol. The Bertz CT molecular complexity index is 644. The molecule has 0 aliphatic rings. The molecule has 0 aromatic carbocycles. The van der Waals surface area contributed by atoms with Crippen molar-refractivity contribution >= 4 is 27.5 Å². The van der Waals surface area contributed by atoms with Crippen molar-refractivity contribution in [1.82, 2.24) is 4.73 Å². The first-order chi connectivity index (χ1) is 8.07. The molecule has 3 N–H and O–H groups in total. The fraction of sp³-hybridized carbons (Fsp3) is 0.200. The smallest absolute Gasteiger partial charge is 0.301 e. The van der Waals surface area contributed by atoms with Crippen LogP contribution in [0.15, 0.2) is 16.2 Å². The molecule has 2 rings (SSSR count). The molecule has 0 atom stereocenters. The molecule has 0 radical (unpaired) electrons. The first-order valence-corrected chi connectivity index (χ1v) is 5.74. The van der Waals surface area contributed by atoms with Gasteiger partial charge in [-0.2, -0.15) is 0 Å². The Hall–Kier alpha value is -2.02. The third kappa shape index (κ3) is 1.64. The van der Waals surface area contributed by atoms with Gasteiger partial charge in [0.1, 0.15) is 22.8 Å². The van der Waals surface area contributed by atoms with Gasteiger partial charge in [-0.15, -0.1) is 16.1 Å². The minimum Gasteiger partial charge on any atom is -0.506 e. The lowest BCUT2D eigenvalue weighted by molar-refractivity contribution is 0.0979. The van der Waals surface area contributed by atoms with Crippen LogP contribution >= 0.6 is 11.3 Å². The Morgan fingerprint density at radius 2 is 2.35 bits per heavy atom. The van der Waals surface area contributed by atoms with Gasteiger partial charge in [0.05, 0.1) is 5.39 Å². The molecule has 0 fully saturated rings. The van der Waals surface area contributed by atoms with Crippen LogP contribution in [-0.2, 0) is 0 Å². The van der Waals surface area contributed by atoms with Gasteiger partial charge in [-0.05, 0) is 18.4 Å². The molecule has 0 spiro atoms. The number of pyridine rings is 1. The highest BCUT2D eigenvalue weighted by Crippen LogP contribution is 2.29. The Morgan fingerprint density at radius 3 is 2.94 bits per heavy atom.